The van der Waals surface area contributed by atoms with Crippen molar-refractivity contribution in [3.63, 3.8) is 0 Å². The van der Waals surface area contributed by atoms with Gasteiger partial charge in [0.15, 0.2) is 5.82 Å². The van der Waals surface area contributed by atoms with Crippen LogP contribution in [0, 0.1) is 0 Å². The van der Waals surface area contributed by atoms with E-state index in [2.05, 4.69) is 28.4 Å². The molecule has 5 heteroatoms. The van der Waals surface area contributed by atoms with Gasteiger partial charge in [-0.05, 0) is 18.9 Å². The van der Waals surface area contributed by atoms with E-state index >= 15 is 0 Å². The Morgan fingerprint density at radius 2 is 2.11 bits per heavy atom. The van der Waals surface area contributed by atoms with Crippen LogP contribution >= 0.6 is 11.3 Å². The highest BCUT2D eigenvalue weighted by Gasteiger charge is 2.12. The maximum absolute atomic E-state index is 5.54. The number of benzene rings is 1. The van der Waals surface area contributed by atoms with Gasteiger partial charge in [-0.15, -0.1) is 11.3 Å². The van der Waals surface area contributed by atoms with Crippen LogP contribution in [-0.4, -0.2) is 9.97 Å². The van der Waals surface area contributed by atoms with E-state index in [0.29, 0.717) is 5.82 Å². The van der Waals surface area contributed by atoms with Gasteiger partial charge in [-0.2, -0.15) is 0 Å². The van der Waals surface area contributed by atoms with Crippen molar-refractivity contribution >= 4 is 38.3 Å². The van der Waals surface area contributed by atoms with E-state index in [1.165, 1.54) is 0 Å². The van der Waals surface area contributed by atoms with Gasteiger partial charge in [-0.1, -0.05) is 25.1 Å². The number of fused-ring (bicyclic) bond motifs is 3. The van der Waals surface area contributed by atoms with Crippen molar-refractivity contribution in [2.45, 2.75) is 19.8 Å². The molecular weight excluding hydrogens is 244 g/mol. The maximum Gasteiger partial charge on any atom is 0.168 e. The highest BCUT2D eigenvalue weighted by atomic mass is 32.1. The van der Waals surface area contributed by atoms with Crippen molar-refractivity contribution in [1.29, 1.82) is 0 Å². The first kappa shape index (κ1) is 11.4. The fraction of sp³-hybridized carbons (Fsp3) is 0.231. The molecule has 0 radical (unpaired) electrons. The molecule has 2 heterocycles. The largest absolute Gasteiger partial charge is 0.307 e. The number of pyridine rings is 1. The van der Waals surface area contributed by atoms with Gasteiger partial charge >= 0.3 is 0 Å². The van der Waals surface area contributed by atoms with Gasteiger partial charge in [0.25, 0.3) is 0 Å². The van der Waals surface area contributed by atoms with E-state index in [9.17, 15) is 0 Å². The summed E-state index contributed by atoms with van der Waals surface area (Å²) >= 11 is 1.73. The lowest BCUT2D eigenvalue weighted by atomic mass is 10.2. The molecule has 0 atom stereocenters. The predicted octanol–water partition coefficient (Wildman–Crippen LogP) is 3.08. The van der Waals surface area contributed by atoms with E-state index in [1.54, 1.807) is 11.3 Å². The molecule has 92 valence electrons. The van der Waals surface area contributed by atoms with Crippen molar-refractivity contribution in [3.05, 3.63) is 29.3 Å². The summed E-state index contributed by atoms with van der Waals surface area (Å²) in [7, 11) is 0. The summed E-state index contributed by atoms with van der Waals surface area (Å²) in [5, 5.41) is 2.29. The Hall–Kier alpha value is -1.72. The molecule has 0 aliphatic rings. The quantitative estimate of drug-likeness (QED) is 0.560. The molecule has 0 saturated heterocycles. The van der Waals surface area contributed by atoms with Gasteiger partial charge in [0, 0.05) is 5.39 Å². The standard InChI is InChI=1S/C13H14N4S/c1-2-5-10-16-11-12(18-10)8-6-3-4-7-9(8)15-13(11)17-14/h3-4,6-7H,2,5,14H2,1H3,(H,15,17). The molecule has 3 aromatic rings. The number of thiazole rings is 1. The number of hydrogen-bond donors (Lipinski definition) is 2. The highest BCUT2D eigenvalue weighted by Crippen LogP contribution is 2.33. The Morgan fingerprint density at radius 1 is 1.28 bits per heavy atom. The fourth-order valence-electron chi connectivity index (χ4n) is 2.07. The van der Waals surface area contributed by atoms with Crippen molar-refractivity contribution in [3.8, 4) is 0 Å². The molecule has 0 amide bonds. The van der Waals surface area contributed by atoms with Crippen LogP contribution in [0.2, 0.25) is 0 Å². The molecule has 0 aliphatic carbocycles. The molecule has 0 spiro atoms. The third-order valence-corrected chi connectivity index (χ3v) is 4.03. The molecule has 0 unspecified atom stereocenters. The van der Waals surface area contributed by atoms with Crippen LogP contribution in [0.4, 0.5) is 5.82 Å². The van der Waals surface area contributed by atoms with Gasteiger partial charge in [0.1, 0.15) is 5.52 Å². The maximum atomic E-state index is 5.54. The first-order valence-corrected chi connectivity index (χ1v) is 6.80. The summed E-state index contributed by atoms with van der Waals surface area (Å²) in [6.07, 6.45) is 2.09. The normalized spacial score (nSPS) is 11.2. The Bertz CT molecular complexity index is 705. The van der Waals surface area contributed by atoms with E-state index in [1.807, 2.05) is 18.2 Å². The summed E-state index contributed by atoms with van der Waals surface area (Å²) in [6.45, 7) is 2.16. The number of hydrazine groups is 1. The smallest absolute Gasteiger partial charge is 0.168 e. The first-order valence-electron chi connectivity index (χ1n) is 5.98. The molecule has 0 saturated carbocycles. The van der Waals surface area contributed by atoms with Crippen molar-refractivity contribution in [1.82, 2.24) is 9.97 Å². The number of anilines is 1. The molecular formula is C13H14N4S. The predicted molar refractivity (Wildman–Crippen MR) is 76.7 cm³/mol. The van der Waals surface area contributed by atoms with E-state index in [-0.39, 0.29) is 0 Å². The number of nitrogens with two attached hydrogens (primary N) is 1. The monoisotopic (exact) mass is 258 g/mol. The van der Waals surface area contributed by atoms with Crippen LogP contribution in [0.3, 0.4) is 0 Å². The molecule has 18 heavy (non-hydrogen) atoms. The molecule has 1 aromatic carbocycles. The number of nitrogens with one attached hydrogen (secondary N) is 1. The second-order valence-corrected chi connectivity index (χ2v) is 5.24. The van der Waals surface area contributed by atoms with Crippen LogP contribution in [0.25, 0.3) is 21.1 Å². The molecule has 4 nitrogen and oxygen atoms in total. The minimum absolute atomic E-state index is 0.655. The molecule has 2 aromatic heterocycles. The molecule has 3 N–H and O–H groups in total. The van der Waals surface area contributed by atoms with Crippen LogP contribution < -0.4 is 11.3 Å². The van der Waals surface area contributed by atoms with Crippen LogP contribution in [-0.2, 0) is 6.42 Å². The first-order chi connectivity index (χ1) is 8.83. The molecule has 0 aliphatic heterocycles. The van der Waals surface area contributed by atoms with Crippen molar-refractivity contribution in [2.24, 2.45) is 5.84 Å². The minimum atomic E-state index is 0.655. The minimum Gasteiger partial charge on any atom is -0.307 e. The number of nitrogens with zero attached hydrogens (tertiary/aromatic N) is 2. The van der Waals surface area contributed by atoms with Gasteiger partial charge in [0.05, 0.1) is 15.2 Å². The SMILES string of the molecule is CCCc1nc2c(NN)nc3ccccc3c2s1. The number of hydrogen-bond acceptors (Lipinski definition) is 5. The summed E-state index contributed by atoms with van der Waals surface area (Å²) in [5.41, 5.74) is 4.48. The fourth-order valence-corrected chi connectivity index (χ4v) is 3.27. The van der Waals surface area contributed by atoms with Crippen molar-refractivity contribution < 1.29 is 0 Å². The number of para-hydroxylation sites is 1. The van der Waals surface area contributed by atoms with E-state index < -0.39 is 0 Å². The third kappa shape index (κ3) is 1.72. The lowest BCUT2D eigenvalue weighted by Crippen LogP contribution is -2.09. The zero-order valence-corrected chi connectivity index (χ0v) is 10.9. The molecule has 3 rings (SSSR count). The Labute approximate surface area is 109 Å². The van der Waals surface area contributed by atoms with Gasteiger partial charge in [0.2, 0.25) is 0 Å². The Morgan fingerprint density at radius 3 is 2.89 bits per heavy atom. The average Bonchev–Trinajstić information content (AvgIpc) is 2.82. The highest BCUT2D eigenvalue weighted by molar-refractivity contribution is 7.19. The summed E-state index contributed by atoms with van der Waals surface area (Å²) < 4.78 is 1.16. The van der Waals surface area contributed by atoms with Crippen LogP contribution in [0.15, 0.2) is 24.3 Å². The number of nitrogen functional groups attached to an aromatic ring is 1. The summed E-state index contributed by atoms with van der Waals surface area (Å²) in [6, 6.07) is 8.08. The lowest BCUT2D eigenvalue weighted by molar-refractivity contribution is 0.912. The topological polar surface area (TPSA) is 63.8 Å². The molecule has 0 bridgehead atoms. The average molecular weight is 258 g/mol. The third-order valence-electron chi connectivity index (χ3n) is 2.88. The lowest BCUT2D eigenvalue weighted by Gasteiger charge is -2.03. The van der Waals surface area contributed by atoms with E-state index in [4.69, 9.17) is 5.84 Å². The number of aromatic nitrogens is 2. The number of rotatable bonds is 3. The van der Waals surface area contributed by atoms with Gasteiger partial charge < -0.3 is 5.43 Å². The second kappa shape index (κ2) is 4.51. The van der Waals surface area contributed by atoms with Crippen LogP contribution in [0.1, 0.15) is 18.4 Å². The zero-order valence-electron chi connectivity index (χ0n) is 10.1. The van der Waals surface area contributed by atoms with E-state index in [0.717, 1.165) is 39.0 Å². The number of aryl methyl sites for hydroxylation is 1. The Balaban J connectivity index is 2.37. The molecule has 0 fully saturated rings. The zero-order chi connectivity index (χ0) is 12.5. The summed E-state index contributed by atoms with van der Waals surface area (Å²) in [5.74, 6) is 6.20. The van der Waals surface area contributed by atoms with Gasteiger partial charge in [-0.3, -0.25) is 0 Å². The van der Waals surface area contributed by atoms with Crippen molar-refractivity contribution in [2.75, 3.05) is 5.43 Å². The summed E-state index contributed by atoms with van der Waals surface area (Å²) in [4.78, 5) is 9.14. The van der Waals surface area contributed by atoms with Gasteiger partial charge in [-0.25, -0.2) is 15.8 Å². The van der Waals surface area contributed by atoms with Crippen LogP contribution in [0.5, 0.6) is 0 Å². The Kier molecular flexibility index (Phi) is 2.85. The second-order valence-electron chi connectivity index (χ2n) is 4.16.